The average molecular weight is 389 g/mol. The van der Waals surface area contributed by atoms with E-state index in [-0.39, 0.29) is 5.75 Å². The molecule has 0 aliphatic rings. The van der Waals surface area contributed by atoms with Crippen molar-refractivity contribution in [3.63, 3.8) is 0 Å². The highest BCUT2D eigenvalue weighted by Gasteiger charge is 2.19. The summed E-state index contributed by atoms with van der Waals surface area (Å²) in [7, 11) is 0. The summed E-state index contributed by atoms with van der Waals surface area (Å²) < 4.78 is 0. The van der Waals surface area contributed by atoms with Crippen LogP contribution < -0.4 is 0 Å². The first-order chi connectivity index (χ1) is 14.2. The zero-order valence-electron chi connectivity index (χ0n) is 17.4. The average Bonchev–Trinajstić information content (AvgIpc) is 2.76. The van der Waals surface area contributed by atoms with E-state index in [2.05, 4.69) is 6.92 Å². The highest BCUT2D eigenvalue weighted by atomic mass is 16.3. The molecule has 3 aromatic carbocycles. The third-order valence-electron chi connectivity index (χ3n) is 5.56. The van der Waals surface area contributed by atoms with E-state index in [9.17, 15) is 10.2 Å². The van der Waals surface area contributed by atoms with Crippen molar-refractivity contribution in [2.75, 3.05) is 0 Å². The number of aromatic hydroxyl groups is 2. The third kappa shape index (κ3) is 5.41. The number of phenols is 2. The van der Waals surface area contributed by atoms with Gasteiger partial charge in [-0.2, -0.15) is 0 Å². The van der Waals surface area contributed by atoms with Crippen LogP contribution >= 0.6 is 0 Å². The summed E-state index contributed by atoms with van der Waals surface area (Å²) >= 11 is 0. The van der Waals surface area contributed by atoms with Gasteiger partial charge in [0.2, 0.25) is 0 Å². The molecule has 0 saturated heterocycles. The predicted molar refractivity (Wildman–Crippen MR) is 122 cm³/mol. The van der Waals surface area contributed by atoms with Crippen molar-refractivity contribution >= 4 is 0 Å². The third-order valence-corrected chi connectivity index (χ3v) is 5.56. The van der Waals surface area contributed by atoms with E-state index in [1.165, 1.54) is 32.1 Å². The standard InChI is InChI=1S/C27H32O2/c1-2-3-4-5-6-7-14-19-23-26(22-17-12-9-13-18-22)25(28)20-24(27(23)29)21-15-10-8-11-16-21/h8-13,15-18,20,28-29H,2-7,14,19H2,1H3. The summed E-state index contributed by atoms with van der Waals surface area (Å²) in [5.41, 5.74) is 4.16. The molecule has 3 rings (SSSR count). The van der Waals surface area contributed by atoms with Crippen LogP contribution in [0.5, 0.6) is 11.5 Å². The molecule has 0 aliphatic heterocycles. The van der Waals surface area contributed by atoms with Gasteiger partial charge in [0, 0.05) is 16.7 Å². The minimum atomic E-state index is 0.228. The quantitative estimate of drug-likeness (QED) is 0.275. The van der Waals surface area contributed by atoms with Gasteiger partial charge in [0.25, 0.3) is 0 Å². The molecule has 2 heteroatoms. The number of hydrogen-bond donors (Lipinski definition) is 2. The van der Waals surface area contributed by atoms with Gasteiger partial charge in [-0.05, 0) is 30.0 Å². The van der Waals surface area contributed by atoms with E-state index in [1.807, 2.05) is 60.7 Å². The molecule has 0 spiro atoms. The summed E-state index contributed by atoms with van der Waals surface area (Å²) in [6.07, 6.45) is 9.31. The molecule has 0 heterocycles. The molecule has 2 nitrogen and oxygen atoms in total. The maximum Gasteiger partial charge on any atom is 0.127 e. The fourth-order valence-corrected chi connectivity index (χ4v) is 3.98. The Bertz CT molecular complexity index is 885. The van der Waals surface area contributed by atoms with Gasteiger partial charge in [-0.1, -0.05) is 106 Å². The first-order valence-electron chi connectivity index (χ1n) is 10.9. The van der Waals surface area contributed by atoms with Crippen LogP contribution in [0.25, 0.3) is 22.3 Å². The Morgan fingerprint density at radius 1 is 0.655 bits per heavy atom. The monoisotopic (exact) mass is 388 g/mol. The second-order valence-corrected chi connectivity index (χ2v) is 7.75. The molecule has 0 radical (unpaired) electrons. The van der Waals surface area contributed by atoms with Gasteiger partial charge >= 0.3 is 0 Å². The van der Waals surface area contributed by atoms with Gasteiger partial charge in [-0.25, -0.2) is 0 Å². The molecule has 2 N–H and O–H groups in total. The van der Waals surface area contributed by atoms with Gasteiger partial charge in [0.15, 0.2) is 0 Å². The molecule has 0 aromatic heterocycles. The largest absolute Gasteiger partial charge is 0.507 e. The lowest BCUT2D eigenvalue weighted by molar-refractivity contribution is 0.456. The molecule has 0 fully saturated rings. The van der Waals surface area contributed by atoms with E-state index >= 15 is 0 Å². The van der Waals surface area contributed by atoms with Crippen LogP contribution in [0.3, 0.4) is 0 Å². The molecular weight excluding hydrogens is 356 g/mol. The van der Waals surface area contributed by atoms with Gasteiger partial charge in [0.05, 0.1) is 0 Å². The van der Waals surface area contributed by atoms with Crippen molar-refractivity contribution in [3.8, 4) is 33.8 Å². The zero-order chi connectivity index (χ0) is 20.5. The number of benzene rings is 3. The maximum absolute atomic E-state index is 11.2. The molecule has 0 aliphatic carbocycles. The Labute approximate surface area is 174 Å². The lowest BCUT2D eigenvalue weighted by Crippen LogP contribution is -1.95. The minimum Gasteiger partial charge on any atom is -0.507 e. The molecule has 3 aromatic rings. The molecule has 0 saturated carbocycles. The topological polar surface area (TPSA) is 40.5 Å². The van der Waals surface area contributed by atoms with E-state index in [1.54, 1.807) is 6.07 Å². The second kappa shape index (κ2) is 10.7. The molecule has 0 atom stereocenters. The van der Waals surface area contributed by atoms with Crippen LogP contribution in [-0.4, -0.2) is 10.2 Å². The smallest absolute Gasteiger partial charge is 0.127 e. The summed E-state index contributed by atoms with van der Waals surface area (Å²) in [6, 6.07) is 21.4. The summed E-state index contributed by atoms with van der Waals surface area (Å²) in [5.74, 6) is 0.518. The van der Waals surface area contributed by atoms with Crippen molar-refractivity contribution in [2.45, 2.75) is 58.3 Å². The lowest BCUT2D eigenvalue weighted by atomic mass is 9.89. The first-order valence-corrected chi connectivity index (χ1v) is 10.9. The van der Waals surface area contributed by atoms with Crippen LogP contribution in [-0.2, 0) is 6.42 Å². The predicted octanol–water partition coefficient (Wildman–Crippen LogP) is 7.72. The minimum absolute atomic E-state index is 0.228. The molecule has 0 bridgehead atoms. The fraction of sp³-hybridized carbons (Fsp3) is 0.333. The summed E-state index contributed by atoms with van der Waals surface area (Å²) in [6.45, 7) is 2.24. The van der Waals surface area contributed by atoms with Gasteiger partial charge < -0.3 is 10.2 Å². The number of unbranched alkanes of at least 4 members (excludes halogenated alkanes) is 6. The fourth-order valence-electron chi connectivity index (χ4n) is 3.98. The normalized spacial score (nSPS) is 10.9. The molecule has 0 unspecified atom stereocenters. The lowest BCUT2D eigenvalue weighted by Gasteiger charge is -2.17. The van der Waals surface area contributed by atoms with Crippen molar-refractivity contribution in [2.24, 2.45) is 0 Å². The van der Waals surface area contributed by atoms with Gasteiger partial charge in [-0.3, -0.25) is 0 Å². The van der Waals surface area contributed by atoms with E-state index < -0.39 is 0 Å². The van der Waals surface area contributed by atoms with Crippen molar-refractivity contribution in [1.29, 1.82) is 0 Å². The number of hydrogen-bond acceptors (Lipinski definition) is 2. The highest BCUT2D eigenvalue weighted by molar-refractivity contribution is 5.84. The number of phenolic OH excluding ortho intramolecular Hbond substituents is 2. The zero-order valence-corrected chi connectivity index (χ0v) is 17.4. The van der Waals surface area contributed by atoms with Crippen LogP contribution in [0, 0.1) is 0 Å². The van der Waals surface area contributed by atoms with Gasteiger partial charge in [-0.15, -0.1) is 0 Å². The Balaban J connectivity index is 1.89. The summed E-state index contributed by atoms with van der Waals surface area (Å²) in [5, 5.41) is 22.1. The molecule has 152 valence electrons. The Morgan fingerprint density at radius 2 is 1.21 bits per heavy atom. The maximum atomic E-state index is 11.2. The van der Waals surface area contributed by atoms with E-state index in [0.717, 1.165) is 41.5 Å². The van der Waals surface area contributed by atoms with Crippen LogP contribution in [0.15, 0.2) is 66.7 Å². The van der Waals surface area contributed by atoms with Crippen LogP contribution in [0.1, 0.15) is 57.4 Å². The van der Waals surface area contributed by atoms with Gasteiger partial charge in [0.1, 0.15) is 11.5 Å². The first kappa shape index (κ1) is 21.0. The van der Waals surface area contributed by atoms with Crippen LogP contribution in [0.2, 0.25) is 0 Å². The van der Waals surface area contributed by atoms with Crippen molar-refractivity contribution in [1.82, 2.24) is 0 Å². The molecular formula is C27H32O2. The number of rotatable bonds is 10. The molecule has 0 amide bonds. The summed E-state index contributed by atoms with van der Waals surface area (Å²) in [4.78, 5) is 0. The van der Waals surface area contributed by atoms with E-state index in [4.69, 9.17) is 0 Å². The second-order valence-electron chi connectivity index (χ2n) is 7.75. The van der Waals surface area contributed by atoms with Crippen LogP contribution in [0.4, 0.5) is 0 Å². The SMILES string of the molecule is CCCCCCCCCc1c(O)c(-c2ccccc2)cc(O)c1-c1ccccc1. The Hall–Kier alpha value is -2.74. The Kier molecular flexibility index (Phi) is 7.75. The highest BCUT2D eigenvalue weighted by Crippen LogP contribution is 2.44. The van der Waals surface area contributed by atoms with E-state index in [0.29, 0.717) is 11.3 Å². The van der Waals surface area contributed by atoms with Crippen molar-refractivity contribution in [3.05, 3.63) is 72.3 Å². The molecule has 29 heavy (non-hydrogen) atoms. The van der Waals surface area contributed by atoms with Crippen molar-refractivity contribution < 1.29 is 10.2 Å². The Morgan fingerprint density at radius 3 is 1.83 bits per heavy atom.